The zero-order valence-corrected chi connectivity index (χ0v) is 18.2. The molecule has 7 nitrogen and oxygen atoms in total. The van der Waals surface area contributed by atoms with Crippen molar-refractivity contribution in [2.24, 2.45) is 5.92 Å². The van der Waals surface area contributed by atoms with Gasteiger partial charge in [-0.1, -0.05) is 20.8 Å². The number of aromatic nitrogens is 2. The van der Waals surface area contributed by atoms with Gasteiger partial charge in [0.05, 0.1) is 18.7 Å². The van der Waals surface area contributed by atoms with E-state index in [1.165, 1.54) is 0 Å². The van der Waals surface area contributed by atoms with E-state index in [1.54, 1.807) is 0 Å². The molecule has 0 aromatic carbocycles. The SMILES string of the molecule is CCCNC(=O)CN1CCC(NC(=O)Cc2c(C)nn(CC(C)C)c2C)CC1. The fourth-order valence-corrected chi connectivity index (χ4v) is 3.71. The Hall–Kier alpha value is -1.89. The van der Waals surface area contributed by atoms with Gasteiger partial charge in [-0.05, 0) is 39.0 Å². The summed E-state index contributed by atoms with van der Waals surface area (Å²) in [5.74, 6) is 0.678. The highest BCUT2D eigenvalue weighted by molar-refractivity contribution is 5.79. The maximum Gasteiger partial charge on any atom is 0.234 e. The molecule has 2 N–H and O–H groups in total. The highest BCUT2D eigenvalue weighted by Gasteiger charge is 2.23. The van der Waals surface area contributed by atoms with Gasteiger partial charge in [-0.2, -0.15) is 5.10 Å². The van der Waals surface area contributed by atoms with Crippen LogP contribution in [0.5, 0.6) is 0 Å². The van der Waals surface area contributed by atoms with Gasteiger partial charge in [0.15, 0.2) is 0 Å². The Bertz CT molecular complexity index is 660. The molecule has 28 heavy (non-hydrogen) atoms. The van der Waals surface area contributed by atoms with Crippen LogP contribution in [0.2, 0.25) is 0 Å². The highest BCUT2D eigenvalue weighted by atomic mass is 16.2. The molecule has 158 valence electrons. The second-order valence-electron chi connectivity index (χ2n) is 8.37. The minimum absolute atomic E-state index is 0.0643. The molecule has 0 bridgehead atoms. The van der Waals surface area contributed by atoms with Crippen molar-refractivity contribution >= 4 is 11.8 Å². The van der Waals surface area contributed by atoms with Crippen LogP contribution in [0, 0.1) is 19.8 Å². The van der Waals surface area contributed by atoms with Crippen molar-refractivity contribution in [3.05, 3.63) is 17.0 Å². The summed E-state index contributed by atoms with van der Waals surface area (Å²) >= 11 is 0. The summed E-state index contributed by atoms with van der Waals surface area (Å²) in [6, 6.07) is 0.189. The van der Waals surface area contributed by atoms with Crippen LogP contribution in [0.15, 0.2) is 0 Å². The maximum atomic E-state index is 12.6. The van der Waals surface area contributed by atoms with Crippen LogP contribution in [0.3, 0.4) is 0 Å². The van der Waals surface area contributed by atoms with Crippen LogP contribution >= 0.6 is 0 Å². The van der Waals surface area contributed by atoms with E-state index in [0.717, 1.165) is 62.4 Å². The van der Waals surface area contributed by atoms with E-state index in [9.17, 15) is 9.59 Å². The zero-order chi connectivity index (χ0) is 20.7. The minimum Gasteiger partial charge on any atom is -0.355 e. The standard InChI is InChI=1S/C21H37N5O2/c1-6-9-22-21(28)14-25-10-7-18(8-11-25)23-20(27)12-19-16(4)24-26(17(19)5)13-15(2)3/h15,18H,6-14H2,1-5H3,(H,22,28)(H,23,27). The Balaban J connectivity index is 1.79. The van der Waals surface area contributed by atoms with Gasteiger partial charge in [0, 0.05) is 43.5 Å². The Kier molecular flexibility index (Phi) is 8.48. The lowest BCUT2D eigenvalue weighted by molar-refractivity contribution is -0.124. The van der Waals surface area contributed by atoms with E-state index >= 15 is 0 Å². The Morgan fingerprint density at radius 2 is 1.86 bits per heavy atom. The number of aryl methyl sites for hydroxylation is 1. The largest absolute Gasteiger partial charge is 0.355 e. The van der Waals surface area contributed by atoms with Gasteiger partial charge >= 0.3 is 0 Å². The third kappa shape index (κ3) is 6.62. The van der Waals surface area contributed by atoms with E-state index in [2.05, 4.69) is 34.5 Å². The highest BCUT2D eigenvalue weighted by Crippen LogP contribution is 2.16. The van der Waals surface area contributed by atoms with Gasteiger partial charge in [0.2, 0.25) is 11.8 Å². The Labute approximate surface area is 169 Å². The van der Waals surface area contributed by atoms with E-state index in [4.69, 9.17) is 0 Å². The van der Waals surface area contributed by atoms with Crippen LogP contribution in [0.4, 0.5) is 0 Å². The van der Waals surface area contributed by atoms with Crippen molar-refractivity contribution in [1.82, 2.24) is 25.3 Å². The molecule has 2 heterocycles. The third-order valence-corrected chi connectivity index (χ3v) is 5.30. The molecular formula is C21H37N5O2. The first kappa shape index (κ1) is 22.4. The number of hydrogen-bond acceptors (Lipinski definition) is 4. The van der Waals surface area contributed by atoms with Crippen molar-refractivity contribution in [3.8, 4) is 0 Å². The molecule has 1 aliphatic heterocycles. The first-order chi connectivity index (χ1) is 13.3. The van der Waals surface area contributed by atoms with Crippen molar-refractivity contribution in [2.45, 2.75) is 72.9 Å². The second-order valence-corrected chi connectivity index (χ2v) is 8.37. The summed E-state index contributed by atoms with van der Waals surface area (Å²) in [5.41, 5.74) is 3.08. The molecule has 1 aromatic rings. The smallest absolute Gasteiger partial charge is 0.234 e. The van der Waals surface area contributed by atoms with Crippen LogP contribution in [0.1, 0.15) is 57.0 Å². The molecule has 0 saturated carbocycles. The monoisotopic (exact) mass is 391 g/mol. The summed E-state index contributed by atoms with van der Waals surface area (Å²) in [7, 11) is 0. The zero-order valence-electron chi connectivity index (χ0n) is 18.2. The molecule has 2 amide bonds. The lowest BCUT2D eigenvalue weighted by atomic mass is 10.0. The summed E-state index contributed by atoms with van der Waals surface area (Å²) in [6.07, 6.45) is 3.11. The summed E-state index contributed by atoms with van der Waals surface area (Å²) in [5, 5.41) is 10.7. The number of hydrogen-bond donors (Lipinski definition) is 2. The molecular weight excluding hydrogens is 354 g/mol. The van der Waals surface area contributed by atoms with Gasteiger partial charge in [-0.3, -0.25) is 19.2 Å². The number of carbonyl (C=O) groups excluding carboxylic acids is 2. The Morgan fingerprint density at radius 3 is 2.46 bits per heavy atom. The lowest BCUT2D eigenvalue weighted by Crippen LogP contribution is -2.47. The summed E-state index contributed by atoms with van der Waals surface area (Å²) in [6.45, 7) is 14.2. The van der Waals surface area contributed by atoms with Crippen LogP contribution in [-0.4, -0.2) is 58.7 Å². The first-order valence-electron chi connectivity index (χ1n) is 10.6. The third-order valence-electron chi connectivity index (χ3n) is 5.30. The van der Waals surface area contributed by atoms with Crippen molar-refractivity contribution in [1.29, 1.82) is 0 Å². The fourth-order valence-electron chi connectivity index (χ4n) is 3.71. The molecule has 0 unspecified atom stereocenters. The van der Waals surface area contributed by atoms with Gasteiger partial charge in [0.25, 0.3) is 0 Å². The quantitative estimate of drug-likeness (QED) is 0.673. The van der Waals surface area contributed by atoms with Gasteiger partial charge in [-0.25, -0.2) is 0 Å². The predicted octanol–water partition coefficient (Wildman–Crippen LogP) is 1.81. The van der Waals surface area contributed by atoms with E-state index in [1.807, 2.05) is 25.5 Å². The summed E-state index contributed by atoms with van der Waals surface area (Å²) in [4.78, 5) is 26.6. The second kappa shape index (κ2) is 10.6. The molecule has 0 aliphatic carbocycles. The van der Waals surface area contributed by atoms with Crippen molar-refractivity contribution < 1.29 is 9.59 Å². The number of carbonyl (C=O) groups is 2. The molecule has 2 rings (SSSR count). The van der Waals surface area contributed by atoms with E-state index in [0.29, 0.717) is 18.9 Å². The van der Waals surface area contributed by atoms with Gasteiger partial charge in [0.1, 0.15) is 0 Å². The van der Waals surface area contributed by atoms with Crippen LogP contribution < -0.4 is 10.6 Å². The predicted molar refractivity (Wildman–Crippen MR) is 111 cm³/mol. The average Bonchev–Trinajstić information content (AvgIpc) is 2.88. The molecule has 1 aromatic heterocycles. The van der Waals surface area contributed by atoms with Crippen LogP contribution in [-0.2, 0) is 22.6 Å². The molecule has 0 radical (unpaired) electrons. The molecule has 1 aliphatic rings. The lowest BCUT2D eigenvalue weighted by Gasteiger charge is -2.31. The topological polar surface area (TPSA) is 79.3 Å². The normalized spacial score (nSPS) is 15.8. The van der Waals surface area contributed by atoms with E-state index < -0.39 is 0 Å². The molecule has 1 fully saturated rings. The average molecular weight is 392 g/mol. The van der Waals surface area contributed by atoms with Crippen LogP contribution in [0.25, 0.3) is 0 Å². The number of piperidine rings is 1. The molecule has 1 saturated heterocycles. The maximum absolute atomic E-state index is 12.6. The minimum atomic E-state index is 0.0643. The number of likely N-dealkylation sites (tertiary alicyclic amines) is 1. The van der Waals surface area contributed by atoms with Gasteiger partial charge in [-0.15, -0.1) is 0 Å². The summed E-state index contributed by atoms with van der Waals surface area (Å²) < 4.78 is 2.02. The first-order valence-corrected chi connectivity index (χ1v) is 10.6. The van der Waals surface area contributed by atoms with E-state index in [-0.39, 0.29) is 17.9 Å². The number of nitrogens with one attached hydrogen (secondary N) is 2. The molecule has 7 heteroatoms. The van der Waals surface area contributed by atoms with Crippen molar-refractivity contribution in [3.63, 3.8) is 0 Å². The number of rotatable bonds is 9. The Morgan fingerprint density at radius 1 is 1.18 bits per heavy atom. The number of amides is 2. The molecule has 0 atom stereocenters. The number of nitrogens with zero attached hydrogens (tertiary/aromatic N) is 3. The fraction of sp³-hybridized carbons (Fsp3) is 0.762. The van der Waals surface area contributed by atoms with Gasteiger partial charge < -0.3 is 10.6 Å². The molecule has 0 spiro atoms. The van der Waals surface area contributed by atoms with Crippen molar-refractivity contribution in [2.75, 3.05) is 26.2 Å².